The van der Waals surface area contributed by atoms with Crippen molar-refractivity contribution in [3.8, 4) is 0 Å². The Hall–Kier alpha value is -2.34. The predicted octanol–water partition coefficient (Wildman–Crippen LogP) is 5.09. The lowest BCUT2D eigenvalue weighted by Gasteiger charge is -2.17. The maximum atomic E-state index is 4.25. The number of hydrogen-bond donors (Lipinski definition) is 0. The largest absolute Gasteiger partial charge is 0.0986 e. The van der Waals surface area contributed by atoms with Gasteiger partial charge in [-0.05, 0) is 34.4 Å². The minimum Gasteiger partial charge on any atom is -0.0986 e. The van der Waals surface area contributed by atoms with Crippen LogP contribution in [-0.2, 0) is 5.41 Å². The number of fused-ring (bicyclic) bond motifs is 1. The Kier molecular flexibility index (Phi) is 2.34. The molecule has 1 aliphatic rings. The molecule has 0 amide bonds. The highest BCUT2D eigenvalue weighted by Crippen LogP contribution is 2.57. The van der Waals surface area contributed by atoms with Crippen molar-refractivity contribution in [2.45, 2.75) is 11.8 Å². The molecule has 1 atom stereocenters. The van der Waals surface area contributed by atoms with Gasteiger partial charge in [0.25, 0.3) is 0 Å². The summed E-state index contributed by atoms with van der Waals surface area (Å²) in [5.41, 5.74) is 4.09. The van der Waals surface area contributed by atoms with Crippen molar-refractivity contribution < 1.29 is 0 Å². The van der Waals surface area contributed by atoms with E-state index in [0.717, 1.165) is 6.42 Å². The SMILES string of the molecule is C=C1C[C@@]1(c1ccccc1)c1ccc2ccccc2c1. The van der Waals surface area contributed by atoms with Gasteiger partial charge in [-0.1, -0.05) is 78.9 Å². The van der Waals surface area contributed by atoms with E-state index in [9.17, 15) is 0 Å². The first kappa shape index (κ1) is 11.5. The quantitative estimate of drug-likeness (QED) is 0.560. The second kappa shape index (κ2) is 4.08. The van der Waals surface area contributed by atoms with Crippen LogP contribution in [0.1, 0.15) is 17.5 Å². The fourth-order valence-corrected chi connectivity index (χ4v) is 3.23. The summed E-state index contributed by atoms with van der Waals surface area (Å²) in [5, 5.41) is 2.60. The highest BCUT2D eigenvalue weighted by molar-refractivity contribution is 5.84. The van der Waals surface area contributed by atoms with E-state index >= 15 is 0 Å². The summed E-state index contributed by atoms with van der Waals surface area (Å²) in [6.45, 7) is 4.25. The molecule has 0 heteroatoms. The molecule has 3 aromatic carbocycles. The molecular formula is C20H16. The van der Waals surface area contributed by atoms with Crippen LogP contribution in [0.25, 0.3) is 10.8 Å². The third-order valence-electron chi connectivity index (χ3n) is 4.47. The van der Waals surface area contributed by atoms with Gasteiger partial charge in [0.1, 0.15) is 0 Å². The van der Waals surface area contributed by atoms with Gasteiger partial charge in [-0.15, -0.1) is 0 Å². The van der Waals surface area contributed by atoms with Gasteiger partial charge in [-0.2, -0.15) is 0 Å². The van der Waals surface area contributed by atoms with E-state index in [0.29, 0.717) is 0 Å². The van der Waals surface area contributed by atoms with Gasteiger partial charge in [-0.3, -0.25) is 0 Å². The first-order valence-electron chi connectivity index (χ1n) is 7.04. The van der Waals surface area contributed by atoms with E-state index < -0.39 is 0 Å². The summed E-state index contributed by atoms with van der Waals surface area (Å²) in [4.78, 5) is 0. The van der Waals surface area contributed by atoms with E-state index in [1.54, 1.807) is 0 Å². The van der Waals surface area contributed by atoms with Crippen molar-refractivity contribution in [1.29, 1.82) is 0 Å². The Labute approximate surface area is 119 Å². The summed E-state index contributed by atoms with van der Waals surface area (Å²) in [6.07, 6.45) is 1.06. The Morgan fingerprint density at radius 1 is 0.700 bits per heavy atom. The molecule has 3 aromatic rings. The van der Waals surface area contributed by atoms with Gasteiger partial charge >= 0.3 is 0 Å². The Morgan fingerprint density at radius 3 is 2.05 bits per heavy atom. The zero-order valence-electron chi connectivity index (χ0n) is 11.3. The van der Waals surface area contributed by atoms with Crippen LogP contribution in [-0.4, -0.2) is 0 Å². The van der Waals surface area contributed by atoms with Gasteiger partial charge < -0.3 is 0 Å². The molecule has 0 N–H and O–H groups in total. The van der Waals surface area contributed by atoms with Crippen molar-refractivity contribution >= 4 is 10.8 Å². The number of rotatable bonds is 2. The number of allylic oxidation sites excluding steroid dienone is 1. The molecule has 0 aliphatic heterocycles. The van der Waals surface area contributed by atoms with Crippen molar-refractivity contribution in [3.63, 3.8) is 0 Å². The minimum atomic E-state index is 0.0469. The van der Waals surface area contributed by atoms with Crippen LogP contribution in [0.3, 0.4) is 0 Å². The third-order valence-corrected chi connectivity index (χ3v) is 4.47. The Morgan fingerprint density at radius 2 is 1.35 bits per heavy atom. The molecule has 0 heterocycles. The Bertz CT molecular complexity index is 798. The first-order chi connectivity index (χ1) is 9.80. The van der Waals surface area contributed by atoms with Crippen LogP contribution < -0.4 is 0 Å². The molecule has 0 unspecified atom stereocenters. The first-order valence-corrected chi connectivity index (χ1v) is 7.04. The minimum absolute atomic E-state index is 0.0469. The molecule has 4 rings (SSSR count). The monoisotopic (exact) mass is 256 g/mol. The maximum absolute atomic E-state index is 4.25. The zero-order valence-corrected chi connectivity index (χ0v) is 11.3. The average Bonchev–Trinajstić information content (AvgIpc) is 3.20. The summed E-state index contributed by atoms with van der Waals surface area (Å²) in [6, 6.07) is 26.1. The van der Waals surface area contributed by atoms with Crippen LogP contribution in [0.4, 0.5) is 0 Å². The lowest BCUT2D eigenvalue weighted by atomic mass is 9.86. The van der Waals surface area contributed by atoms with Crippen LogP contribution in [0.5, 0.6) is 0 Å². The summed E-state index contributed by atoms with van der Waals surface area (Å²) < 4.78 is 0. The van der Waals surface area contributed by atoms with Gasteiger partial charge in [0.05, 0.1) is 0 Å². The van der Waals surface area contributed by atoms with Gasteiger partial charge in [0, 0.05) is 5.41 Å². The number of hydrogen-bond acceptors (Lipinski definition) is 0. The van der Waals surface area contributed by atoms with E-state index in [2.05, 4.69) is 79.4 Å². The topological polar surface area (TPSA) is 0 Å². The van der Waals surface area contributed by atoms with Crippen molar-refractivity contribution in [1.82, 2.24) is 0 Å². The molecule has 0 spiro atoms. The molecule has 0 radical (unpaired) electrons. The van der Waals surface area contributed by atoms with Crippen LogP contribution in [0.2, 0.25) is 0 Å². The normalized spacial score (nSPS) is 21.1. The lowest BCUT2D eigenvalue weighted by molar-refractivity contribution is 0.883. The lowest BCUT2D eigenvalue weighted by Crippen LogP contribution is -2.08. The van der Waals surface area contributed by atoms with Crippen LogP contribution in [0.15, 0.2) is 84.9 Å². The van der Waals surface area contributed by atoms with Gasteiger partial charge in [0.15, 0.2) is 0 Å². The highest BCUT2D eigenvalue weighted by atomic mass is 14.5. The summed E-state index contributed by atoms with van der Waals surface area (Å²) >= 11 is 0. The summed E-state index contributed by atoms with van der Waals surface area (Å²) in [5.74, 6) is 0. The molecule has 1 saturated carbocycles. The predicted molar refractivity (Wildman–Crippen MR) is 84.9 cm³/mol. The fraction of sp³-hybridized carbons (Fsp3) is 0.100. The second-order valence-corrected chi connectivity index (χ2v) is 5.61. The molecule has 20 heavy (non-hydrogen) atoms. The molecule has 1 aliphatic carbocycles. The molecular weight excluding hydrogens is 240 g/mol. The smallest absolute Gasteiger partial charge is 0.0446 e. The van der Waals surface area contributed by atoms with Crippen LogP contribution in [0, 0.1) is 0 Å². The molecule has 0 bridgehead atoms. The molecule has 0 nitrogen and oxygen atoms in total. The van der Waals surface area contributed by atoms with E-state index in [1.807, 2.05) is 0 Å². The molecule has 0 aromatic heterocycles. The zero-order chi connectivity index (χ0) is 13.6. The van der Waals surface area contributed by atoms with E-state index in [1.165, 1.54) is 27.5 Å². The van der Waals surface area contributed by atoms with Crippen LogP contribution >= 0.6 is 0 Å². The molecule has 96 valence electrons. The standard InChI is InChI=1S/C20H16/c1-15-14-20(15,18-9-3-2-4-10-18)19-12-11-16-7-5-6-8-17(16)13-19/h2-13H,1,14H2/t20-/m1/s1. The number of benzene rings is 3. The second-order valence-electron chi connectivity index (χ2n) is 5.61. The average molecular weight is 256 g/mol. The van der Waals surface area contributed by atoms with E-state index in [-0.39, 0.29) is 5.41 Å². The third kappa shape index (κ3) is 1.55. The maximum Gasteiger partial charge on any atom is 0.0446 e. The van der Waals surface area contributed by atoms with Gasteiger partial charge in [0.2, 0.25) is 0 Å². The van der Waals surface area contributed by atoms with Crippen molar-refractivity contribution in [2.75, 3.05) is 0 Å². The van der Waals surface area contributed by atoms with Gasteiger partial charge in [-0.25, -0.2) is 0 Å². The fourth-order valence-electron chi connectivity index (χ4n) is 3.23. The molecule has 1 fully saturated rings. The summed E-state index contributed by atoms with van der Waals surface area (Å²) in [7, 11) is 0. The van der Waals surface area contributed by atoms with Crippen molar-refractivity contribution in [2.24, 2.45) is 0 Å². The van der Waals surface area contributed by atoms with Crippen molar-refractivity contribution in [3.05, 3.63) is 96.1 Å². The Balaban J connectivity index is 1.91. The highest BCUT2D eigenvalue weighted by Gasteiger charge is 2.50. The van der Waals surface area contributed by atoms with E-state index in [4.69, 9.17) is 0 Å². The molecule has 0 saturated heterocycles.